The van der Waals surface area contributed by atoms with Crippen LogP contribution in [0.25, 0.3) is 49.9 Å². The fourth-order valence-corrected chi connectivity index (χ4v) is 10.7. The average Bonchev–Trinajstić information content (AvgIpc) is 4.11. The number of hydrogen-bond acceptors (Lipinski definition) is 12. The summed E-state index contributed by atoms with van der Waals surface area (Å²) in [4.78, 5) is 75.2. The monoisotopic (exact) mass is 1020 g/mol. The van der Waals surface area contributed by atoms with Gasteiger partial charge < -0.3 is 37.4 Å². The van der Waals surface area contributed by atoms with Gasteiger partial charge in [-0.2, -0.15) is 0 Å². The number of carbonyl (C=O) groups is 4. The number of carbonyl (C=O) groups excluding carboxylic acids is 4. The summed E-state index contributed by atoms with van der Waals surface area (Å²) in [5.41, 5.74) is 23.6. The smallest absolute Gasteiger partial charge is 0.246 e. The van der Waals surface area contributed by atoms with Crippen molar-refractivity contribution >= 4 is 51.9 Å². The van der Waals surface area contributed by atoms with Crippen molar-refractivity contribution in [1.82, 2.24) is 45.4 Å². The van der Waals surface area contributed by atoms with E-state index in [1.165, 1.54) is 4.90 Å². The third-order valence-electron chi connectivity index (χ3n) is 14.3. The maximum Gasteiger partial charge on any atom is 0.246 e. The molecule has 9 rings (SSSR count). The standard InChI is InChI=1S/C57H65N11O5S/c1-35-49(74-34-63-35)38-17-15-37(16-18-38)32-62-54(72)46-31-42(69)33-67(46)55(73)50(56(2,3)4)66-48(71)14-6-5-13-47(70)60-29-25-36-10-7-11-39(30-36)44-23-24-45-53(64-44)68(52(65-45)43-12-8-28-61-51(43)58)41-21-19-40(20-22-41)57(59)26-9-27-57/h7-8,10-12,15-24,28,30,34,42,46,50,69H,5-6,9,13-14,25-27,29,31-33,59H2,1-4H3,(H2,58,61)(H,60,70)(H,62,72)(H,66,71)/t42-,46+,50-/m1/s1. The molecule has 16 nitrogen and oxygen atoms in total. The number of thiazole rings is 1. The minimum atomic E-state index is -0.938. The average molecular weight is 1020 g/mol. The van der Waals surface area contributed by atoms with Crippen LogP contribution in [0.1, 0.15) is 94.5 Å². The van der Waals surface area contributed by atoms with Crippen molar-refractivity contribution in [3.05, 3.63) is 131 Å². The van der Waals surface area contributed by atoms with Crippen LogP contribution in [-0.4, -0.2) is 89.4 Å². The van der Waals surface area contributed by atoms with E-state index in [4.69, 9.17) is 21.4 Å². The minimum Gasteiger partial charge on any atom is -0.391 e. The first-order valence-electron chi connectivity index (χ1n) is 25.5. The molecule has 2 aliphatic rings. The second kappa shape index (κ2) is 22.0. The Balaban J connectivity index is 0.756. The number of nitrogen functional groups attached to an aromatic ring is 1. The Labute approximate surface area is 435 Å². The van der Waals surface area contributed by atoms with Gasteiger partial charge in [-0.25, -0.2) is 19.9 Å². The molecule has 4 aromatic heterocycles. The largest absolute Gasteiger partial charge is 0.391 e. The Kier molecular flexibility index (Phi) is 15.3. The van der Waals surface area contributed by atoms with E-state index in [-0.39, 0.29) is 55.6 Å². The molecule has 0 bridgehead atoms. The third kappa shape index (κ3) is 11.5. The second-order valence-corrected chi connectivity index (χ2v) is 21.6. The first-order chi connectivity index (χ1) is 35.5. The summed E-state index contributed by atoms with van der Waals surface area (Å²) in [6.07, 6.45) is 5.83. The number of amides is 4. The van der Waals surface area contributed by atoms with Gasteiger partial charge in [0.1, 0.15) is 23.4 Å². The van der Waals surface area contributed by atoms with Crippen LogP contribution in [0.5, 0.6) is 0 Å². The van der Waals surface area contributed by atoms with Crippen LogP contribution >= 0.6 is 11.3 Å². The molecule has 4 amide bonds. The summed E-state index contributed by atoms with van der Waals surface area (Å²) in [7, 11) is 0. The van der Waals surface area contributed by atoms with E-state index in [0.29, 0.717) is 54.2 Å². The first kappa shape index (κ1) is 51.6. The van der Waals surface area contributed by atoms with Crippen molar-refractivity contribution in [2.45, 2.75) is 116 Å². The number of nitrogens with two attached hydrogens (primary N) is 2. The molecular formula is C57H65N11O5S. The SMILES string of the molecule is Cc1ncsc1-c1ccc(CNC(=O)[C@@H]2C[C@@H](O)CN2C(=O)[C@@H](NC(=O)CCCCC(=O)NCCc2cccc(-c3ccc4nc(-c5cccnc5N)n(-c5ccc(C6(N)CCC6)cc5)c4n3)c2)C(C)(C)C)cc1. The summed E-state index contributed by atoms with van der Waals surface area (Å²) in [6, 6.07) is 30.1. The molecule has 8 N–H and O–H groups in total. The number of aliphatic hydroxyl groups is 1. The molecule has 5 heterocycles. The van der Waals surface area contributed by atoms with Gasteiger partial charge in [0, 0.05) is 61.9 Å². The molecule has 3 atom stereocenters. The minimum absolute atomic E-state index is 0.0127. The van der Waals surface area contributed by atoms with E-state index >= 15 is 0 Å². The number of rotatable bonds is 18. The molecule has 17 heteroatoms. The van der Waals surface area contributed by atoms with Crippen LogP contribution in [0.3, 0.4) is 0 Å². The maximum absolute atomic E-state index is 14.1. The summed E-state index contributed by atoms with van der Waals surface area (Å²) in [5.74, 6) is -0.218. The predicted octanol–water partition coefficient (Wildman–Crippen LogP) is 7.53. The van der Waals surface area contributed by atoms with Crippen LogP contribution in [0.15, 0.2) is 109 Å². The number of β-amino-alcohol motifs (C(OH)–C–C–N with tert-alkyl or cyclic N) is 1. The van der Waals surface area contributed by atoms with Crippen LogP contribution in [0, 0.1) is 12.3 Å². The highest BCUT2D eigenvalue weighted by atomic mass is 32.1. The Morgan fingerprint density at radius 1 is 0.865 bits per heavy atom. The number of unbranched alkanes of at least 4 members (excludes halogenated alkanes) is 1. The van der Waals surface area contributed by atoms with Crippen molar-refractivity contribution < 1.29 is 24.3 Å². The molecule has 3 aromatic carbocycles. The number of nitrogens with one attached hydrogen (secondary N) is 3. The van der Waals surface area contributed by atoms with Crippen LogP contribution < -0.4 is 27.4 Å². The van der Waals surface area contributed by atoms with Gasteiger partial charge in [-0.3, -0.25) is 23.7 Å². The number of imidazole rings is 1. The fraction of sp³-hybridized carbons (Fsp3) is 0.368. The van der Waals surface area contributed by atoms with Crippen molar-refractivity contribution in [2.24, 2.45) is 11.1 Å². The number of nitrogens with zero attached hydrogens (tertiary/aromatic N) is 6. The number of aliphatic hydroxyl groups excluding tert-OH is 1. The van der Waals surface area contributed by atoms with Gasteiger partial charge in [0.25, 0.3) is 0 Å². The molecule has 384 valence electrons. The van der Waals surface area contributed by atoms with Gasteiger partial charge in [-0.15, -0.1) is 11.3 Å². The topological polar surface area (TPSA) is 236 Å². The molecular weight excluding hydrogens is 951 g/mol. The van der Waals surface area contributed by atoms with Gasteiger partial charge in [0.05, 0.1) is 33.4 Å². The van der Waals surface area contributed by atoms with Crippen molar-refractivity contribution in [2.75, 3.05) is 18.8 Å². The molecule has 1 saturated heterocycles. The number of aryl methyl sites for hydroxylation is 1. The quantitative estimate of drug-likeness (QED) is 0.0460. The zero-order chi connectivity index (χ0) is 52.1. The van der Waals surface area contributed by atoms with E-state index in [2.05, 4.69) is 56.3 Å². The van der Waals surface area contributed by atoms with Crippen LogP contribution in [-0.2, 0) is 37.7 Å². The Bertz CT molecular complexity index is 3160. The molecule has 0 radical (unpaired) electrons. The number of aromatic nitrogens is 5. The molecule has 1 saturated carbocycles. The van der Waals surface area contributed by atoms with Gasteiger partial charge in [0.15, 0.2) is 11.5 Å². The number of pyridine rings is 2. The van der Waals surface area contributed by atoms with Crippen molar-refractivity contribution in [3.63, 3.8) is 0 Å². The fourth-order valence-electron chi connectivity index (χ4n) is 9.84. The van der Waals surface area contributed by atoms with Crippen molar-refractivity contribution in [3.8, 4) is 38.8 Å². The lowest BCUT2D eigenvalue weighted by molar-refractivity contribution is -0.144. The first-order valence-corrected chi connectivity index (χ1v) is 26.3. The summed E-state index contributed by atoms with van der Waals surface area (Å²) in [5, 5.41) is 19.5. The summed E-state index contributed by atoms with van der Waals surface area (Å²) in [6.45, 7) is 8.20. The highest BCUT2D eigenvalue weighted by Gasteiger charge is 2.44. The van der Waals surface area contributed by atoms with Crippen LogP contribution in [0.4, 0.5) is 5.82 Å². The molecule has 7 aromatic rings. The zero-order valence-corrected chi connectivity index (χ0v) is 43.3. The normalized spacial score (nSPS) is 16.6. The molecule has 0 spiro atoms. The van der Waals surface area contributed by atoms with Gasteiger partial charge >= 0.3 is 0 Å². The maximum atomic E-state index is 14.1. The van der Waals surface area contributed by atoms with Crippen molar-refractivity contribution in [1.29, 1.82) is 0 Å². The predicted molar refractivity (Wildman–Crippen MR) is 288 cm³/mol. The van der Waals surface area contributed by atoms with Gasteiger partial charge in [-0.05, 0) is 116 Å². The number of likely N-dealkylation sites (tertiary alicyclic amines) is 1. The van der Waals surface area contributed by atoms with E-state index in [1.807, 2.05) is 105 Å². The van der Waals surface area contributed by atoms with E-state index in [9.17, 15) is 24.3 Å². The second-order valence-electron chi connectivity index (χ2n) is 20.8. The van der Waals surface area contributed by atoms with Crippen LogP contribution in [0.2, 0.25) is 0 Å². The number of anilines is 1. The van der Waals surface area contributed by atoms with E-state index in [1.54, 1.807) is 17.5 Å². The molecule has 1 aliphatic heterocycles. The lowest BCUT2D eigenvalue weighted by Crippen LogP contribution is -2.57. The van der Waals surface area contributed by atoms with Gasteiger partial charge in [0.2, 0.25) is 23.6 Å². The van der Waals surface area contributed by atoms with E-state index < -0.39 is 29.5 Å². The van der Waals surface area contributed by atoms with E-state index in [0.717, 1.165) is 69.0 Å². The Morgan fingerprint density at radius 2 is 1.62 bits per heavy atom. The molecule has 0 unspecified atom stereocenters. The highest BCUT2D eigenvalue weighted by Crippen LogP contribution is 2.40. The lowest BCUT2D eigenvalue weighted by atomic mass is 9.73. The summed E-state index contributed by atoms with van der Waals surface area (Å²) >= 11 is 1.57. The highest BCUT2D eigenvalue weighted by molar-refractivity contribution is 7.13. The zero-order valence-electron chi connectivity index (χ0n) is 42.4. The Morgan fingerprint density at radius 3 is 2.31 bits per heavy atom. The molecule has 1 aliphatic carbocycles. The lowest BCUT2D eigenvalue weighted by Gasteiger charge is -2.38. The number of hydrogen-bond donors (Lipinski definition) is 6. The summed E-state index contributed by atoms with van der Waals surface area (Å²) < 4.78 is 2.02. The van der Waals surface area contributed by atoms with Gasteiger partial charge in [-0.1, -0.05) is 75.4 Å². The number of benzene rings is 3. The third-order valence-corrected chi connectivity index (χ3v) is 15.2. The molecule has 2 fully saturated rings. The Hall–Kier alpha value is -7.34. The number of fused-ring (bicyclic) bond motifs is 1. The molecule has 74 heavy (non-hydrogen) atoms.